The third-order valence-corrected chi connectivity index (χ3v) is 1.72. The molecule has 0 heterocycles. The highest BCUT2D eigenvalue weighted by Crippen LogP contribution is 2.22. The number of hydrogen-bond donors (Lipinski definition) is 4. The van der Waals surface area contributed by atoms with Crippen molar-refractivity contribution in [3.8, 4) is 0 Å². The number of hydrogen-bond acceptors (Lipinski definition) is 4. The minimum atomic E-state index is -2.11. The Labute approximate surface area is 62.8 Å². The molecule has 0 aromatic rings. The molecule has 0 fully saturated rings. The van der Waals surface area contributed by atoms with Gasteiger partial charge in [0.1, 0.15) is 12.2 Å². The molecule has 62 valence electrons. The Morgan fingerprint density at radius 2 is 2.09 bits per heavy atom. The highest BCUT2D eigenvalue weighted by Gasteiger charge is 2.46. The highest BCUT2D eigenvalue weighted by molar-refractivity contribution is 5.87. The Morgan fingerprint density at radius 3 is 2.27 bits per heavy atom. The van der Waals surface area contributed by atoms with E-state index < -0.39 is 23.7 Å². The van der Waals surface area contributed by atoms with Crippen molar-refractivity contribution in [1.29, 1.82) is 0 Å². The second kappa shape index (κ2) is 2.30. The van der Waals surface area contributed by atoms with E-state index in [1.165, 1.54) is 0 Å². The molecule has 0 saturated heterocycles. The molecule has 0 bridgehead atoms. The van der Waals surface area contributed by atoms with E-state index in [0.29, 0.717) is 0 Å². The van der Waals surface area contributed by atoms with E-state index in [9.17, 15) is 9.90 Å². The maximum absolute atomic E-state index is 10.5. The number of aliphatic hydroxyl groups excluding tert-OH is 2. The van der Waals surface area contributed by atoms with Crippen molar-refractivity contribution in [3.05, 3.63) is 12.2 Å². The molecule has 0 aliphatic heterocycles. The summed E-state index contributed by atoms with van der Waals surface area (Å²) in [7, 11) is 0. The van der Waals surface area contributed by atoms with Crippen LogP contribution in [-0.2, 0) is 4.79 Å². The third-order valence-electron chi connectivity index (χ3n) is 1.72. The van der Waals surface area contributed by atoms with Crippen LogP contribution < -0.4 is 5.73 Å². The molecule has 0 saturated carbocycles. The summed E-state index contributed by atoms with van der Waals surface area (Å²) in [6, 6.07) is 0. The van der Waals surface area contributed by atoms with Gasteiger partial charge in [0.15, 0.2) is 5.60 Å². The number of primary amides is 1. The predicted molar refractivity (Wildman–Crippen MR) is 35.3 cm³/mol. The van der Waals surface area contributed by atoms with Gasteiger partial charge in [-0.25, -0.2) is 0 Å². The Bertz CT molecular complexity index is 215. The molecule has 0 radical (unpaired) electrons. The second-order valence-electron chi connectivity index (χ2n) is 2.48. The fourth-order valence-electron chi connectivity index (χ4n) is 0.937. The molecule has 5 N–H and O–H groups in total. The van der Waals surface area contributed by atoms with Gasteiger partial charge in [-0.1, -0.05) is 6.08 Å². The zero-order valence-electron chi connectivity index (χ0n) is 5.64. The van der Waals surface area contributed by atoms with Gasteiger partial charge in [0.25, 0.3) is 5.91 Å². The number of nitrogens with two attached hydrogens (primary N) is 1. The van der Waals surface area contributed by atoms with Crippen molar-refractivity contribution in [2.45, 2.75) is 17.8 Å². The molecule has 1 amide bonds. The Balaban J connectivity index is 2.90. The largest absolute Gasteiger partial charge is 0.386 e. The highest BCUT2D eigenvalue weighted by atomic mass is 16.4. The SMILES string of the molecule is NC(=O)C1(O)C=C[C@H](O)[C@H]1O. The van der Waals surface area contributed by atoms with Gasteiger partial charge >= 0.3 is 0 Å². The quantitative estimate of drug-likeness (QED) is 0.317. The zero-order valence-corrected chi connectivity index (χ0v) is 5.64. The summed E-state index contributed by atoms with van der Waals surface area (Å²) in [6.45, 7) is 0. The summed E-state index contributed by atoms with van der Waals surface area (Å²) in [4.78, 5) is 10.5. The van der Waals surface area contributed by atoms with Crippen molar-refractivity contribution in [1.82, 2.24) is 0 Å². The number of amides is 1. The molecule has 1 unspecified atom stereocenters. The predicted octanol–water partition coefficient (Wildman–Crippen LogP) is -2.51. The zero-order chi connectivity index (χ0) is 8.65. The standard InChI is InChI=1S/C6H9NO4/c7-5(10)6(11)2-1-3(8)4(6)9/h1-4,8-9,11H,(H2,7,10)/t3-,4+,6?/m0/s1. The molecule has 1 aliphatic rings. The summed E-state index contributed by atoms with van der Waals surface area (Å²) in [5.74, 6) is -1.07. The number of rotatable bonds is 1. The van der Waals surface area contributed by atoms with Crippen LogP contribution in [0.3, 0.4) is 0 Å². The van der Waals surface area contributed by atoms with Crippen molar-refractivity contribution in [2.24, 2.45) is 5.73 Å². The lowest BCUT2D eigenvalue weighted by molar-refractivity contribution is -0.144. The average Bonchev–Trinajstić information content (AvgIpc) is 2.18. The molecular formula is C6H9NO4. The van der Waals surface area contributed by atoms with Crippen LogP contribution in [0.15, 0.2) is 12.2 Å². The minimum absolute atomic E-state index is 0.991. The van der Waals surface area contributed by atoms with Gasteiger partial charge < -0.3 is 21.1 Å². The topological polar surface area (TPSA) is 104 Å². The van der Waals surface area contributed by atoms with Crippen LogP contribution in [0.4, 0.5) is 0 Å². The Kier molecular flexibility index (Phi) is 1.71. The Morgan fingerprint density at radius 1 is 1.55 bits per heavy atom. The van der Waals surface area contributed by atoms with Gasteiger partial charge in [-0.05, 0) is 6.08 Å². The lowest BCUT2D eigenvalue weighted by atomic mass is 9.99. The summed E-state index contributed by atoms with van der Waals surface area (Å²) < 4.78 is 0. The normalized spacial score (nSPS) is 42.8. The number of aliphatic hydroxyl groups is 3. The van der Waals surface area contributed by atoms with Crippen LogP contribution in [0.5, 0.6) is 0 Å². The van der Waals surface area contributed by atoms with E-state index in [4.69, 9.17) is 15.9 Å². The van der Waals surface area contributed by atoms with Crippen molar-refractivity contribution in [3.63, 3.8) is 0 Å². The van der Waals surface area contributed by atoms with E-state index in [1.54, 1.807) is 0 Å². The van der Waals surface area contributed by atoms with Crippen LogP contribution in [0, 0.1) is 0 Å². The molecule has 1 rings (SSSR count). The first-order chi connectivity index (χ1) is 4.98. The molecule has 5 heteroatoms. The summed E-state index contributed by atoms with van der Waals surface area (Å²) in [5.41, 5.74) is 2.66. The molecule has 3 atom stereocenters. The van der Waals surface area contributed by atoms with Crippen molar-refractivity contribution >= 4 is 5.91 Å². The monoisotopic (exact) mass is 159 g/mol. The molecular weight excluding hydrogens is 150 g/mol. The molecule has 0 spiro atoms. The summed E-state index contributed by atoms with van der Waals surface area (Å²) in [6.07, 6.45) is -0.674. The van der Waals surface area contributed by atoms with Gasteiger partial charge in [-0.15, -0.1) is 0 Å². The first kappa shape index (κ1) is 8.19. The maximum Gasteiger partial charge on any atom is 0.256 e. The van der Waals surface area contributed by atoms with E-state index in [0.717, 1.165) is 12.2 Å². The summed E-state index contributed by atoms with van der Waals surface area (Å²) in [5, 5.41) is 27.1. The maximum atomic E-state index is 10.5. The van der Waals surface area contributed by atoms with Crippen molar-refractivity contribution < 1.29 is 20.1 Å². The van der Waals surface area contributed by atoms with Crippen LogP contribution in [0.2, 0.25) is 0 Å². The molecule has 0 aromatic heterocycles. The number of carbonyl (C=O) groups excluding carboxylic acids is 1. The first-order valence-corrected chi connectivity index (χ1v) is 3.06. The van der Waals surface area contributed by atoms with Crippen LogP contribution in [0.25, 0.3) is 0 Å². The smallest absolute Gasteiger partial charge is 0.256 e. The van der Waals surface area contributed by atoms with Gasteiger partial charge in [-0.3, -0.25) is 4.79 Å². The van der Waals surface area contributed by atoms with Gasteiger partial charge in [0, 0.05) is 0 Å². The van der Waals surface area contributed by atoms with E-state index in [-0.39, 0.29) is 0 Å². The molecule has 11 heavy (non-hydrogen) atoms. The van der Waals surface area contributed by atoms with Gasteiger partial charge in [-0.2, -0.15) is 0 Å². The second-order valence-corrected chi connectivity index (χ2v) is 2.48. The molecule has 5 nitrogen and oxygen atoms in total. The van der Waals surface area contributed by atoms with E-state index in [1.807, 2.05) is 0 Å². The Hall–Kier alpha value is -0.910. The van der Waals surface area contributed by atoms with Crippen LogP contribution >= 0.6 is 0 Å². The minimum Gasteiger partial charge on any atom is -0.386 e. The average molecular weight is 159 g/mol. The summed E-state index contributed by atoms with van der Waals surface area (Å²) >= 11 is 0. The lowest BCUT2D eigenvalue weighted by Gasteiger charge is -2.22. The molecule has 0 aromatic carbocycles. The number of carbonyl (C=O) groups is 1. The molecule has 1 aliphatic carbocycles. The first-order valence-electron chi connectivity index (χ1n) is 3.06. The fourth-order valence-corrected chi connectivity index (χ4v) is 0.937. The van der Waals surface area contributed by atoms with Gasteiger partial charge in [0.05, 0.1) is 0 Å². The van der Waals surface area contributed by atoms with Crippen LogP contribution in [-0.4, -0.2) is 39.0 Å². The third kappa shape index (κ3) is 1.03. The van der Waals surface area contributed by atoms with Crippen molar-refractivity contribution in [2.75, 3.05) is 0 Å². The van der Waals surface area contributed by atoms with Gasteiger partial charge in [0.2, 0.25) is 0 Å². The van der Waals surface area contributed by atoms with Crippen LogP contribution in [0.1, 0.15) is 0 Å². The van der Waals surface area contributed by atoms with E-state index >= 15 is 0 Å². The van der Waals surface area contributed by atoms with E-state index in [2.05, 4.69) is 0 Å². The lowest BCUT2D eigenvalue weighted by Crippen LogP contribution is -2.52. The fraction of sp³-hybridized carbons (Fsp3) is 0.500.